The van der Waals surface area contributed by atoms with Gasteiger partial charge in [-0.25, -0.2) is 4.79 Å². The number of urea groups is 1. The van der Waals surface area contributed by atoms with Gasteiger partial charge < -0.3 is 21.1 Å². The van der Waals surface area contributed by atoms with E-state index in [1.165, 1.54) is 0 Å². The average molecular weight is 390 g/mol. The van der Waals surface area contributed by atoms with Crippen LogP contribution in [0.4, 0.5) is 10.5 Å². The lowest BCUT2D eigenvalue weighted by atomic mass is 9.85. The number of hydrogen-bond acceptors (Lipinski definition) is 4. The molecular weight excluding hydrogens is 360 g/mol. The van der Waals surface area contributed by atoms with Gasteiger partial charge in [-0.2, -0.15) is 0 Å². The number of likely N-dealkylation sites (N-methyl/N-ethyl adjacent to an activating group) is 1. The maximum Gasteiger partial charge on any atom is 0.319 e. The summed E-state index contributed by atoms with van der Waals surface area (Å²) in [7, 11) is 0. The number of amides is 3. The Balaban J connectivity index is 1.84. The highest BCUT2D eigenvalue weighted by Gasteiger charge is 2.34. The molecule has 0 heterocycles. The van der Waals surface area contributed by atoms with Gasteiger partial charge >= 0.3 is 12.0 Å². The van der Waals surface area contributed by atoms with Crippen molar-refractivity contribution in [2.24, 2.45) is 0 Å². The summed E-state index contributed by atoms with van der Waals surface area (Å²) in [4.78, 5) is 37.1. The van der Waals surface area contributed by atoms with Crippen LogP contribution in [0.3, 0.4) is 0 Å². The number of carbonyl (C=O) groups is 3. The summed E-state index contributed by atoms with van der Waals surface area (Å²) in [6.07, 6.45) is 1.48. The molecule has 0 bridgehead atoms. The van der Waals surface area contributed by atoms with E-state index >= 15 is 0 Å². The van der Waals surface area contributed by atoms with Crippen LogP contribution in [0.25, 0.3) is 0 Å². The van der Waals surface area contributed by atoms with E-state index in [1.54, 1.807) is 18.2 Å². The number of nitrogens with zero attached hydrogens (tertiary/aromatic N) is 1. The van der Waals surface area contributed by atoms with Crippen molar-refractivity contribution in [2.75, 3.05) is 18.4 Å². The van der Waals surface area contributed by atoms with Gasteiger partial charge in [-0.15, -0.1) is 0 Å². The fourth-order valence-corrected chi connectivity index (χ4v) is 3.31. The number of carboxylic acid groups (broad SMARTS) is 1. The Bertz CT molecular complexity index is 729. The third-order valence-electron chi connectivity index (χ3n) is 4.87. The SMILES string of the molecule is CCN(CC(=O)O)C1CC(NC(=O)Nc2ccc(C(=O)NC(C)C)cc2C)C1. The number of carboxylic acids is 1. The second-order valence-corrected chi connectivity index (χ2v) is 7.54. The molecule has 3 amide bonds. The Morgan fingerprint density at radius 3 is 2.46 bits per heavy atom. The molecule has 1 aromatic carbocycles. The summed E-state index contributed by atoms with van der Waals surface area (Å²) in [5.74, 6) is -0.978. The average Bonchev–Trinajstić information content (AvgIpc) is 2.57. The zero-order valence-corrected chi connectivity index (χ0v) is 16.9. The first-order valence-corrected chi connectivity index (χ1v) is 9.64. The van der Waals surface area contributed by atoms with Crippen molar-refractivity contribution in [3.8, 4) is 0 Å². The van der Waals surface area contributed by atoms with Crippen LogP contribution in [0.2, 0.25) is 0 Å². The maximum absolute atomic E-state index is 12.2. The lowest BCUT2D eigenvalue weighted by molar-refractivity contribution is -0.139. The van der Waals surface area contributed by atoms with Crippen molar-refractivity contribution in [3.63, 3.8) is 0 Å². The van der Waals surface area contributed by atoms with E-state index in [1.807, 2.05) is 32.6 Å². The third-order valence-corrected chi connectivity index (χ3v) is 4.87. The van der Waals surface area contributed by atoms with Gasteiger partial charge in [0.05, 0.1) is 6.54 Å². The number of nitrogens with one attached hydrogen (secondary N) is 3. The molecule has 2 rings (SSSR count). The molecule has 0 aliphatic heterocycles. The molecule has 0 spiro atoms. The second kappa shape index (κ2) is 9.54. The molecule has 28 heavy (non-hydrogen) atoms. The van der Waals surface area contributed by atoms with Gasteiger partial charge in [0.25, 0.3) is 5.91 Å². The molecule has 4 N–H and O–H groups in total. The molecule has 8 heteroatoms. The second-order valence-electron chi connectivity index (χ2n) is 7.54. The first kappa shape index (κ1) is 21.7. The van der Waals surface area contributed by atoms with E-state index < -0.39 is 5.97 Å². The number of carbonyl (C=O) groups excluding carboxylic acids is 2. The standard InChI is InChI=1S/C20H30N4O4/c1-5-24(11-18(25)26)16-9-15(10-16)22-20(28)23-17-7-6-14(8-13(17)4)19(27)21-12(2)3/h6-8,12,15-16H,5,9-11H2,1-4H3,(H,21,27)(H,25,26)(H2,22,23,28). The summed E-state index contributed by atoms with van der Waals surface area (Å²) in [6, 6.07) is 5.13. The monoisotopic (exact) mass is 390 g/mol. The molecule has 0 radical (unpaired) electrons. The van der Waals surface area contributed by atoms with Gasteiger partial charge in [-0.1, -0.05) is 6.92 Å². The van der Waals surface area contributed by atoms with Gasteiger partial charge in [-0.3, -0.25) is 14.5 Å². The molecule has 0 atom stereocenters. The van der Waals surface area contributed by atoms with E-state index in [0.717, 1.165) is 18.4 Å². The molecule has 0 aromatic heterocycles. The third kappa shape index (κ3) is 5.95. The quantitative estimate of drug-likeness (QED) is 0.544. The van der Waals surface area contributed by atoms with E-state index in [4.69, 9.17) is 5.11 Å². The van der Waals surface area contributed by atoms with Crippen LogP contribution in [0, 0.1) is 6.92 Å². The van der Waals surface area contributed by atoms with E-state index in [0.29, 0.717) is 17.8 Å². The van der Waals surface area contributed by atoms with Gasteiger partial charge in [0.2, 0.25) is 0 Å². The lowest BCUT2D eigenvalue weighted by Crippen LogP contribution is -2.55. The Hall–Kier alpha value is -2.61. The molecular formula is C20H30N4O4. The summed E-state index contributed by atoms with van der Waals surface area (Å²) in [6.45, 7) is 8.27. The molecule has 1 fully saturated rings. The predicted molar refractivity (Wildman–Crippen MR) is 108 cm³/mol. The van der Waals surface area contributed by atoms with Gasteiger partial charge in [0.1, 0.15) is 0 Å². The van der Waals surface area contributed by atoms with Crippen molar-refractivity contribution in [2.45, 2.75) is 58.7 Å². The topological polar surface area (TPSA) is 111 Å². The van der Waals surface area contributed by atoms with Crippen LogP contribution in [0.1, 0.15) is 49.5 Å². The van der Waals surface area contributed by atoms with E-state index in [9.17, 15) is 14.4 Å². The van der Waals surface area contributed by atoms with Crippen LogP contribution in [-0.4, -0.2) is 59.1 Å². The minimum Gasteiger partial charge on any atom is -0.480 e. The number of rotatable bonds is 8. The fraction of sp³-hybridized carbons (Fsp3) is 0.550. The van der Waals surface area contributed by atoms with Crippen LogP contribution in [0.5, 0.6) is 0 Å². The van der Waals surface area contributed by atoms with Crippen molar-refractivity contribution in [3.05, 3.63) is 29.3 Å². The minimum atomic E-state index is -0.836. The molecule has 1 aliphatic rings. The first-order chi connectivity index (χ1) is 13.2. The van der Waals surface area contributed by atoms with E-state index in [2.05, 4.69) is 16.0 Å². The van der Waals surface area contributed by atoms with Gasteiger partial charge in [0.15, 0.2) is 0 Å². The molecule has 8 nitrogen and oxygen atoms in total. The van der Waals surface area contributed by atoms with Crippen molar-refractivity contribution in [1.82, 2.24) is 15.5 Å². The van der Waals surface area contributed by atoms with Crippen molar-refractivity contribution >= 4 is 23.6 Å². The highest BCUT2D eigenvalue weighted by Crippen LogP contribution is 2.26. The molecule has 0 saturated heterocycles. The summed E-state index contributed by atoms with van der Waals surface area (Å²) in [5, 5.41) is 17.5. The zero-order chi connectivity index (χ0) is 20.8. The van der Waals surface area contributed by atoms with Gasteiger partial charge in [-0.05, 0) is 63.9 Å². The normalized spacial score (nSPS) is 18.5. The molecule has 154 valence electrons. The minimum absolute atomic E-state index is 0.0238. The summed E-state index contributed by atoms with van der Waals surface area (Å²) in [5.41, 5.74) is 2.00. The summed E-state index contributed by atoms with van der Waals surface area (Å²) < 4.78 is 0. The largest absolute Gasteiger partial charge is 0.480 e. The number of aliphatic carboxylic acids is 1. The number of anilines is 1. The fourth-order valence-electron chi connectivity index (χ4n) is 3.31. The van der Waals surface area contributed by atoms with Gasteiger partial charge in [0, 0.05) is 29.4 Å². The number of benzene rings is 1. The predicted octanol–water partition coefficient (Wildman–Crippen LogP) is 2.19. The lowest BCUT2D eigenvalue weighted by Gasteiger charge is -2.42. The Labute approximate surface area is 165 Å². The van der Waals surface area contributed by atoms with E-state index in [-0.39, 0.29) is 36.6 Å². The van der Waals surface area contributed by atoms with Crippen LogP contribution < -0.4 is 16.0 Å². The Kier molecular flexibility index (Phi) is 7.39. The van der Waals surface area contributed by atoms with Crippen LogP contribution in [-0.2, 0) is 4.79 Å². The van der Waals surface area contributed by atoms with Crippen molar-refractivity contribution < 1.29 is 19.5 Å². The zero-order valence-electron chi connectivity index (χ0n) is 16.9. The highest BCUT2D eigenvalue weighted by atomic mass is 16.4. The summed E-state index contributed by atoms with van der Waals surface area (Å²) >= 11 is 0. The Morgan fingerprint density at radius 2 is 1.93 bits per heavy atom. The highest BCUT2D eigenvalue weighted by molar-refractivity contribution is 5.96. The van der Waals surface area contributed by atoms with Crippen molar-refractivity contribution in [1.29, 1.82) is 0 Å². The first-order valence-electron chi connectivity index (χ1n) is 9.64. The molecule has 1 saturated carbocycles. The molecule has 1 aliphatic carbocycles. The Morgan fingerprint density at radius 1 is 1.25 bits per heavy atom. The molecule has 1 aromatic rings. The number of aryl methyl sites for hydroxylation is 1. The van der Waals surface area contributed by atoms with Crippen LogP contribution in [0.15, 0.2) is 18.2 Å². The maximum atomic E-state index is 12.2. The number of hydrogen-bond donors (Lipinski definition) is 4. The molecule has 0 unspecified atom stereocenters. The van der Waals surface area contributed by atoms with Crippen LogP contribution >= 0.6 is 0 Å². The smallest absolute Gasteiger partial charge is 0.319 e.